The molecule has 0 saturated heterocycles. The van der Waals surface area contributed by atoms with E-state index in [1.54, 1.807) is 37.5 Å². The van der Waals surface area contributed by atoms with Gasteiger partial charge in [-0.05, 0) is 87.9 Å². The van der Waals surface area contributed by atoms with Crippen LogP contribution in [0.4, 0.5) is 14.9 Å². The number of hydrogen-bond donors (Lipinski definition) is 3. The van der Waals surface area contributed by atoms with Crippen molar-refractivity contribution in [2.24, 2.45) is 0 Å². The van der Waals surface area contributed by atoms with E-state index in [9.17, 15) is 23.9 Å². The number of benzene rings is 2. The molecule has 8 nitrogen and oxygen atoms in total. The Labute approximate surface area is 214 Å². The minimum absolute atomic E-state index is 0.0978. The van der Waals surface area contributed by atoms with Crippen LogP contribution in [0, 0.1) is 5.82 Å². The first-order valence-electron chi connectivity index (χ1n) is 12.4. The lowest BCUT2D eigenvalue weighted by molar-refractivity contribution is -0.137. The molecule has 0 aliphatic heterocycles. The van der Waals surface area contributed by atoms with Crippen molar-refractivity contribution >= 4 is 34.6 Å². The summed E-state index contributed by atoms with van der Waals surface area (Å²) in [4.78, 5) is 36.2. The van der Waals surface area contributed by atoms with Gasteiger partial charge in [-0.15, -0.1) is 0 Å². The van der Waals surface area contributed by atoms with Gasteiger partial charge in [0.15, 0.2) is 0 Å². The summed E-state index contributed by atoms with van der Waals surface area (Å²) < 4.78 is 21.0. The first-order valence-corrected chi connectivity index (χ1v) is 12.4. The van der Waals surface area contributed by atoms with Crippen LogP contribution in [0.3, 0.4) is 0 Å². The van der Waals surface area contributed by atoms with Crippen molar-refractivity contribution in [2.75, 3.05) is 5.32 Å². The Morgan fingerprint density at radius 2 is 1.95 bits per heavy atom. The van der Waals surface area contributed by atoms with Crippen molar-refractivity contribution < 1.29 is 28.6 Å². The van der Waals surface area contributed by atoms with Crippen LogP contribution >= 0.6 is 0 Å². The van der Waals surface area contributed by atoms with Crippen LogP contribution in [-0.2, 0) is 40.1 Å². The second-order valence-corrected chi connectivity index (χ2v) is 10.4. The molecule has 1 aliphatic rings. The van der Waals surface area contributed by atoms with E-state index in [0.717, 1.165) is 16.8 Å². The van der Waals surface area contributed by atoms with Gasteiger partial charge in [0.2, 0.25) is 5.91 Å². The zero-order valence-corrected chi connectivity index (χ0v) is 21.3. The number of rotatable bonds is 7. The summed E-state index contributed by atoms with van der Waals surface area (Å²) in [5, 5.41) is 15.8. The maximum absolute atomic E-state index is 14.0. The van der Waals surface area contributed by atoms with E-state index in [-0.39, 0.29) is 30.7 Å². The van der Waals surface area contributed by atoms with E-state index in [0.29, 0.717) is 42.3 Å². The summed E-state index contributed by atoms with van der Waals surface area (Å²) in [5.41, 5.74) is 3.38. The molecule has 3 N–H and O–H groups in total. The third-order valence-corrected chi connectivity index (χ3v) is 6.30. The van der Waals surface area contributed by atoms with Gasteiger partial charge < -0.3 is 19.7 Å². The van der Waals surface area contributed by atoms with Crippen molar-refractivity contribution in [1.29, 1.82) is 0 Å². The molecule has 9 heteroatoms. The summed E-state index contributed by atoms with van der Waals surface area (Å²) in [5.74, 6) is -1.43. The smallest absolute Gasteiger partial charge is 0.412 e. The van der Waals surface area contributed by atoms with Gasteiger partial charge >= 0.3 is 12.1 Å². The largest absolute Gasteiger partial charge is 0.480 e. The lowest BCUT2D eigenvalue weighted by Crippen LogP contribution is -2.39. The van der Waals surface area contributed by atoms with Gasteiger partial charge in [0.05, 0.1) is 0 Å². The lowest BCUT2D eigenvalue weighted by Gasteiger charge is -2.25. The van der Waals surface area contributed by atoms with Crippen LogP contribution < -0.4 is 10.6 Å². The Kier molecular flexibility index (Phi) is 7.52. The summed E-state index contributed by atoms with van der Waals surface area (Å²) in [6, 6.07) is 11.6. The van der Waals surface area contributed by atoms with Crippen molar-refractivity contribution in [3.8, 4) is 0 Å². The molecule has 0 radical (unpaired) electrons. The molecular formula is C28H32FN3O5. The van der Waals surface area contributed by atoms with E-state index in [1.165, 1.54) is 12.1 Å². The number of nitrogens with zero attached hydrogens (tertiary/aromatic N) is 1. The number of hydrogen-bond acceptors (Lipinski definition) is 4. The minimum Gasteiger partial charge on any atom is -0.480 e. The van der Waals surface area contributed by atoms with E-state index < -0.39 is 17.7 Å². The number of nitrogens with one attached hydrogen (secondary N) is 2. The Hall–Kier alpha value is -3.88. The highest BCUT2D eigenvalue weighted by atomic mass is 19.1. The second kappa shape index (κ2) is 10.6. The Balaban J connectivity index is 1.37. The van der Waals surface area contributed by atoms with E-state index in [1.807, 2.05) is 18.2 Å². The maximum Gasteiger partial charge on any atom is 0.412 e. The molecule has 3 aromatic rings. The Morgan fingerprint density at radius 1 is 1.16 bits per heavy atom. The number of carbonyl (C=O) groups excluding carboxylic acids is 2. The third-order valence-electron chi connectivity index (χ3n) is 6.30. The molecular weight excluding hydrogens is 477 g/mol. The maximum atomic E-state index is 14.0. The van der Waals surface area contributed by atoms with Gasteiger partial charge in [-0.3, -0.25) is 14.9 Å². The molecule has 196 valence electrons. The number of amides is 2. The molecule has 0 spiro atoms. The number of carboxylic acid groups (broad SMARTS) is 1. The number of aromatic nitrogens is 1. The van der Waals surface area contributed by atoms with Gasteiger partial charge in [0.25, 0.3) is 0 Å². The van der Waals surface area contributed by atoms with Crippen LogP contribution in [0.2, 0.25) is 0 Å². The fraction of sp³-hybridized carbons (Fsp3) is 0.393. The average molecular weight is 510 g/mol. The van der Waals surface area contributed by atoms with Crippen LogP contribution in [0.1, 0.15) is 50.4 Å². The van der Waals surface area contributed by atoms with Gasteiger partial charge in [0, 0.05) is 34.7 Å². The number of anilines is 1. The molecule has 2 amide bonds. The number of aryl methyl sites for hydroxylation is 1. The van der Waals surface area contributed by atoms with Gasteiger partial charge in [-0.2, -0.15) is 0 Å². The van der Waals surface area contributed by atoms with Crippen LogP contribution in [0.5, 0.6) is 0 Å². The monoisotopic (exact) mass is 509 g/mol. The van der Waals surface area contributed by atoms with Crippen molar-refractivity contribution in [1.82, 2.24) is 9.88 Å². The quantitative estimate of drug-likeness (QED) is 0.423. The number of carboxylic acids is 1. The molecule has 0 fully saturated rings. The predicted molar refractivity (Wildman–Crippen MR) is 138 cm³/mol. The summed E-state index contributed by atoms with van der Waals surface area (Å²) in [7, 11) is 0. The number of fused-ring (bicyclic) bond motifs is 3. The molecule has 1 aromatic heterocycles. The molecule has 1 atom stereocenters. The molecule has 1 heterocycles. The predicted octanol–water partition coefficient (Wildman–Crippen LogP) is 4.82. The highest BCUT2D eigenvalue weighted by Crippen LogP contribution is 2.33. The standard InChI is InChI=1S/C28H32FN3O5/c1-28(2,3)37-27(36)31-19-6-4-5-17(13-19)7-12-25(33)30-20-9-11-24-22(15-20)21-14-18(29)8-10-23(21)32(24)16-26(34)35/h4-6,8,10,13-14,20H,7,9,11-12,15-16H2,1-3H3,(H,30,33)(H,31,36)(H,34,35). The fourth-order valence-electron chi connectivity index (χ4n) is 4.84. The molecule has 1 aliphatic carbocycles. The van der Waals surface area contributed by atoms with E-state index >= 15 is 0 Å². The summed E-state index contributed by atoms with van der Waals surface area (Å²) >= 11 is 0. The highest BCUT2D eigenvalue weighted by molar-refractivity contribution is 5.88. The number of carbonyl (C=O) groups is 3. The van der Waals surface area contributed by atoms with Crippen molar-refractivity contribution in [3.05, 3.63) is 65.1 Å². The van der Waals surface area contributed by atoms with Gasteiger partial charge in [-0.25, -0.2) is 9.18 Å². The normalized spacial score (nSPS) is 15.2. The van der Waals surface area contributed by atoms with E-state index in [2.05, 4.69) is 10.6 Å². The van der Waals surface area contributed by atoms with Gasteiger partial charge in [0.1, 0.15) is 18.0 Å². The molecule has 2 aromatic carbocycles. The molecule has 37 heavy (non-hydrogen) atoms. The minimum atomic E-state index is -0.954. The Morgan fingerprint density at radius 3 is 2.68 bits per heavy atom. The topological polar surface area (TPSA) is 110 Å². The summed E-state index contributed by atoms with van der Waals surface area (Å²) in [6.45, 7) is 5.19. The average Bonchev–Trinajstić information content (AvgIpc) is 3.08. The third kappa shape index (κ3) is 6.67. The number of halogens is 1. The zero-order chi connectivity index (χ0) is 26.7. The fourth-order valence-corrected chi connectivity index (χ4v) is 4.84. The molecule has 0 saturated carbocycles. The van der Waals surface area contributed by atoms with Crippen molar-refractivity contribution in [2.45, 2.75) is 71.1 Å². The molecule has 4 rings (SSSR count). The van der Waals surface area contributed by atoms with Crippen LogP contribution in [0.25, 0.3) is 10.9 Å². The van der Waals surface area contributed by atoms with Crippen molar-refractivity contribution in [3.63, 3.8) is 0 Å². The number of ether oxygens (including phenoxy) is 1. The van der Waals surface area contributed by atoms with Crippen LogP contribution in [-0.4, -0.2) is 39.3 Å². The molecule has 1 unspecified atom stereocenters. The first-order chi connectivity index (χ1) is 17.5. The Bertz CT molecular complexity index is 1340. The second-order valence-electron chi connectivity index (χ2n) is 10.4. The SMILES string of the molecule is CC(C)(C)OC(=O)Nc1cccc(CCC(=O)NC2CCc3c(c4cc(F)ccc4n3CC(=O)O)C2)c1. The van der Waals surface area contributed by atoms with Gasteiger partial charge in [-0.1, -0.05) is 12.1 Å². The number of aliphatic carboxylic acids is 1. The first kappa shape index (κ1) is 26.2. The van der Waals surface area contributed by atoms with Crippen LogP contribution in [0.15, 0.2) is 42.5 Å². The molecule has 0 bridgehead atoms. The zero-order valence-electron chi connectivity index (χ0n) is 21.3. The lowest BCUT2D eigenvalue weighted by atomic mass is 9.91. The van der Waals surface area contributed by atoms with E-state index in [4.69, 9.17) is 4.74 Å². The highest BCUT2D eigenvalue weighted by Gasteiger charge is 2.27. The summed E-state index contributed by atoms with van der Waals surface area (Å²) in [6.07, 6.45) is 2.02.